The van der Waals surface area contributed by atoms with E-state index in [2.05, 4.69) is 10.1 Å². The second-order valence-corrected chi connectivity index (χ2v) is 6.28. The van der Waals surface area contributed by atoms with Crippen molar-refractivity contribution in [2.45, 2.75) is 12.2 Å². The van der Waals surface area contributed by atoms with E-state index in [4.69, 9.17) is 5.73 Å². The van der Waals surface area contributed by atoms with Crippen molar-refractivity contribution in [3.05, 3.63) is 78.5 Å². The van der Waals surface area contributed by atoms with Crippen LogP contribution in [0.4, 0.5) is 17.6 Å². The first-order valence-corrected chi connectivity index (χ1v) is 8.35. The van der Waals surface area contributed by atoms with Crippen LogP contribution in [0.2, 0.25) is 0 Å². The van der Waals surface area contributed by atoms with Crippen LogP contribution in [0.3, 0.4) is 0 Å². The zero-order chi connectivity index (χ0) is 19.9. The smallest absolute Gasteiger partial charge is 0.316 e. The lowest BCUT2D eigenvalue weighted by atomic mass is 10.00. The molecule has 0 spiro atoms. The number of halogens is 4. The molecule has 28 heavy (non-hydrogen) atoms. The molecular weight excluding hydrogens is 372 g/mol. The molecule has 1 aromatic carbocycles. The highest BCUT2D eigenvalue weighted by Crippen LogP contribution is 2.36. The molecular formula is C20H14F4N4. The molecule has 0 bridgehead atoms. The topological polar surface area (TPSA) is 56.2 Å². The van der Waals surface area contributed by atoms with Crippen molar-refractivity contribution in [2.75, 3.05) is 0 Å². The maximum atomic E-state index is 13.3. The summed E-state index contributed by atoms with van der Waals surface area (Å²) < 4.78 is 53.7. The fourth-order valence-electron chi connectivity index (χ4n) is 3.05. The number of rotatable bonds is 3. The van der Waals surface area contributed by atoms with Gasteiger partial charge in [0.05, 0.1) is 5.52 Å². The number of pyridine rings is 2. The summed E-state index contributed by atoms with van der Waals surface area (Å²) in [6.07, 6.45) is -0.0673. The summed E-state index contributed by atoms with van der Waals surface area (Å²) in [5.74, 6) is -0.392. The number of aromatic nitrogens is 3. The Morgan fingerprint density at radius 2 is 1.57 bits per heavy atom. The Morgan fingerprint density at radius 3 is 2.21 bits per heavy atom. The Hall–Kier alpha value is -3.26. The van der Waals surface area contributed by atoms with E-state index in [0.29, 0.717) is 22.3 Å². The molecule has 8 heteroatoms. The Labute approximate surface area is 157 Å². The van der Waals surface area contributed by atoms with Crippen molar-refractivity contribution in [3.8, 4) is 22.4 Å². The molecule has 2 N–H and O–H groups in total. The molecule has 0 saturated heterocycles. The minimum atomic E-state index is -4.56. The van der Waals surface area contributed by atoms with Crippen LogP contribution in [-0.4, -0.2) is 20.8 Å². The first-order valence-electron chi connectivity index (χ1n) is 8.35. The van der Waals surface area contributed by atoms with E-state index in [9.17, 15) is 17.6 Å². The molecule has 3 heterocycles. The monoisotopic (exact) mass is 386 g/mol. The molecule has 0 fully saturated rings. The van der Waals surface area contributed by atoms with Gasteiger partial charge in [0.15, 0.2) is 0 Å². The highest BCUT2D eigenvalue weighted by atomic mass is 19.4. The third-order valence-electron chi connectivity index (χ3n) is 4.45. The summed E-state index contributed by atoms with van der Waals surface area (Å²) in [5, 5.41) is 4.46. The summed E-state index contributed by atoms with van der Waals surface area (Å²) in [4.78, 5) is 4.00. The second-order valence-electron chi connectivity index (χ2n) is 6.28. The molecule has 0 aliphatic rings. The van der Waals surface area contributed by atoms with Gasteiger partial charge in [-0.15, -0.1) is 0 Å². The number of nitrogens with zero attached hydrogens (tertiary/aromatic N) is 3. The predicted molar refractivity (Wildman–Crippen MR) is 96.8 cm³/mol. The van der Waals surface area contributed by atoms with Crippen LogP contribution in [0.5, 0.6) is 0 Å². The van der Waals surface area contributed by atoms with Gasteiger partial charge in [0, 0.05) is 29.7 Å². The van der Waals surface area contributed by atoms with Gasteiger partial charge in [0.25, 0.3) is 0 Å². The van der Waals surface area contributed by atoms with Crippen LogP contribution < -0.4 is 5.73 Å². The average molecular weight is 386 g/mol. The van der Waals surface area contributed by atoms with E-state index in [-0.39, 0.29) is 5.56 Å². The maximum Gasteiger partial charge on any atom is 0.407 e. The average Bonchev–Trinajstić information content (AvgIpc) is 3.06. The third kappa shape index (κ3) is 3.22. The van der Waals surface area contributed by atoms with Crippen LogP contribution in [0.15, 0.2) is 67.1 Å². The molecule has 0 radical (unpaired) electrons. The lowest BCUT2D eigenvalue weighted by molar-refractivity contribution is -0.149. The van der Waals surface area contributed by atoms with E-state index in [0.717, 1.165) is 5.56 Å². The Bertz CT molecular complexity index is 1120. The van der Waals surface area contributed by atoms with Gasteiger partial charge in [0.2, 0.25) is 0 Å². The lowest BCUT2D eigenvalue weighted by Crippen LogP contribution is -2.28. The van der Waals surface area contributed by atoms with E-state index in [1.54, 1.807) is 42.7 Å². The molecule has 0 aliphatic carbocycles. The summed E-state index contributed by atoms with van der Waals surface area (Å²) in [6, 6.07) is 10.1. The van der Waals surface area contributed by atoms with E-state index < -0.39 is 18.0 Å². The van der Waals surface area contributed by atoms with Gasteiger partial charge in [-0.3, -0.25) is 4.98 Å². The number of hydrogen-bond acceptors (Lipinski definition) is 3. The van der Waals surface area contributed by atoms with E-state index in [1.165, 1.54) is 28.9 Å². The van der Waals surface area contributed by atoms with Crippen LogP contribution >= 0.6 is 0 Å². The van der Waals surface area contributed by atoms with Gasteiger partial charge in [-0.2, -0.15) is 18.3 Å². The van der Waals surface area contributed by atoms with E-state index >= 15 is 0 Å². The Morgan fingerprint density at radius 1 is 0.893 bits per heavy atom. The maximum absolute atomic E-state index is 13.3. The number of hydrogen-bond donors (Lipinski definition) is 1. The molecule has 4 nitrogen and oxygen atoms in total. The van der Waals surface area contributed by atoms with Crippen LogP contribution in [0, 0.1) is 5.82 Å². The van der Waals surface area contributed by atoms with Gasteiger partial charge in [-0.05, 0) is 53.6 Å². The molecule has 3 aromatic heterocycles. The molecule has 0 saturated carbocycles. The van der Waals surface area contributed by atoms with Gasteiger partial charge in [0.1, 0.15) is 17.6 Å². The molecule has 142 valence electrons. The van der Waals surface area contributed by atoms with Gasteiger partial charge in [-0.1, -0.05) is 6.07 Å². The Balaban J connectivity index is 1.95. The molecule has 1 atom stereocenters. The fraction of sp³-hybridized carbons (Fsp3) is 0.100. The molecule has 0 amide bonds. The fourth-order valence-corrected chi connectivity index (χ4v) is 3.05. The summed E-state index contributed by atoms with van der Waals surface area (Å²) in [6.45, 7) is 0. The second kappa shape index (κ2) is 6.72. The van der Waals surface area contributed by atoms with Gasteiger partial charge < -0.3 is 5.73 Å². The number of fused-ring (bicyclic) bond motifs is 1. The number of alkyl halides is 3. The molecule has 0 aliphatic heterocycles. The SMILES string of the molecule is NC(c1ccc2c(-c3ccncc3)c(-c3ccc(F)cc3)nn2c1)C(F)(F)F. The van der Waals surface area contributed by atoms with Crippen molar-refractivity contribution < 1.29 is 17.6 Å². The van der Waals surface area contributed by atoms with Crippen molar-refractivity contribution in [1.82, 2.24) is 14.6 Å². The predicted octanol–water partition coefficient (Wildman–Crippen LogP) is 4.76. The van der Waals surface area contributed by atoms with Gasteiger partial charge >= 0.3 is 6.18 Å². The first kappa shape index (κ1) is 18.1. The lowest BCUT2D eigenvalue weighted by Gasteiger charge is -2.15. The van der Waals surface area contributed by atoms with E-state index in [1.807, 2.05) is 0 Å². The number of nitrogens with two attached hydrogens (primary N) is 1. The van der Waals surface area contributed by atoms with Crippen LogP contribution in [-0.2, 0) is 0 Å². The highest BCUT2D eigenvalue weighted by Gasteiger charge is 2.38. The first-order chi connectivity index (χ1) is 13.3. The molecule has 4 aromatic rings. The quantitative estimate of drug-likeness (QED) is 0.517. The minimum absolute atomic E-state index is 0.102. The van der Waals surface area contributed by atoms with Crippen molar-refractivity contribution >= 4 is 5.52 Å². The summed E-state index contributed by atoms with van der Waals surface area (Å²) >= 11 is 0. The Kier molecular flexibility index (Phi) is 4.35. The zero-order valence-corrected chi connectivity index (χ0v) is 14.4. The third-order valence-corrected chi connectivity index (χ3v) is 4.45. The van der Waals surface area contributed by atoms with Crippen molar-refractivity contribution in [3.63, 3.8) is 0 Å². The van der Waals surface area contributed by atoms with Crippen molar-refractivity contribution in [2.24, 2.45) is 5.73 Å². The van der Waals surface area contributed by atoms with Crippen molar-refractivity contribution in [1.29, 1.82) is 0 Å². The number of benzene rings is 1. The molecule has 1 unspecified atom stereocenters. The highest BCUT2D eigenvalue weighted by molar-refractivity contribution is 5.92. The van der Waals surface area contributed by atoms with Crippen LogP contribution in [0.25, 0.3) is 27.9 Å². The zero-order valence-electron chi connectivity index (χ0n) is 14.4. The largest absolute Gasteiger partial charge is 0.407 e. The standard InChI is InChI=1S/C20H14F4N4/c21-15-4-1-13(2-5-15)18-17(12-7-9-26-10-8-12)16-6-3-14(11-28(16)27-18)19(25)20(22,23)24/h1-11,19H,25H2. The molecule has 4 rings (SSSR count). The normalized spacial score (nSPS) is 13.0. The summed E-state index contributed by atoms with van der Waals surface area (Å²) in [5.41, 5.74) is 8.48. The summed E-state index contributed by atoms with van der Waals surface area (Å²) in [7, 11) is 0. The minimum Gasteiger partial charge on any atom is -0.316 e. The van der Waals surface area contributed by atoms with Crippen LogP contribution in [0.1, 0.15) is 11.6 Å². The van der Waals surface area contributed by atoms with Gasteiger partial charge in [-0.25, -0.2) is 8.91 Å².